The molecule has 3 atom stereocenters. The van der Waals surface area contributed by atoms with Crippen LogP contribution in [0.3, 0.4) is 0 Å². The summed E-state index contributed by atoms with van der Waals surface area (Å²) in [7, 11) is 0. The topological polar surface area (TPSA) is 32.3 Å². The van der Waals surface area contributed by atoms with Crippen LogP contribution >= 0.6 is 11.3 Å². The van der Waals surface area contributed by atoms with Crippen molar-refractivity contribution in [2.24, 2.45) is 11.8 Å². The molecule has 3 rings (SSSR count). The van der Waals surface area contributed by atoms with Crippen molar-refractivity contribution in [3.8, 4) is 0 Å². The van der Waals surface area contributed by atoms with Crippen molar-refractivity contribution in [3.05, 3.63) is 22.4 Å². The lowest BCUT2D eigenvalue weighted by molar-refractivity contribution is -0.131. The summed E-state index contributed by atoms with van der Waals surface area (Å²) in [5, 5.41) is 5.68. The van der Waals surface area contributed by atoms with E-state index in [1.54, 1.807) is 11.3 Å². The minimum absolute atomic E-state index is 0.0111. The molecule has 1 aliphatic carbocycles. The number of hydrogen-bond donors (Lipinski definition) is 1. The highest BCUT2D eigenvalue weighted by Gasteiger charge is 2.41. The Kier molecular flexibility index (Phi) is 4.65. The fourth-order valence-electron chi connectivity index (χ4n) is 3.16. The fourth-order valence-corrected chi connectivity index (χ4v) is 3.95. The van der Waals surface area contributed by atoms with Crippen molar-refractivity contribution < 1.29 is 4.79 Å². The van der Waals surface area contributed by atoms with Crippen LogP contribution in [-0.2, 0) is 4.79 Å². The maximum Gasteiger partial charge on any atom is 0.241 e. The van der Waals surface area contributed by atoms with Gasteiger partial charge in [0.05, 0.1) is 6.04 Å². The molecule has 1 saturated heterocycles. The molecule has 116 valence electrons. The van der Waals surface area contributed by atoms with E-state index in [1.807, 2.05) is 0 Å². The standard InChI is InChI=1S/C17H26N2OS/c1-3-12(2)15-17(20)19(10-4-6-13-8-9-13)16(18-15)14-7-5-11-21-14/h5,7,11-13,15-16,18H,3-4,6,8-10H2,1-2H3. The molecule has 2 fully saturated rings. The van der Waals surface area contributed by atoms with Crippen molar-refractivity contribution in [2.45, 2.75) is 58.2 Å². The number of nitrogens with zero attached hydrogens (tertiary/aromatic N) is 1. The smallest absolute Gasteiger partial charge is 0.241 e. The quantitative estimate of drug-likeness (QED) is 0.831. The van der Waals surface area contributed by atoms with E-state index < -0.39 is 0 Å². The highest BCUT2D eigenvalue weighted by Crippen LogP contribution is 2.35. The molecular weight excluding hydrogens is 280 g/mol. The van der Waals surface area contributed by atoms with Gasteiger partial charge in [0.2, 0.25) is 5.91 Å². The van der Waals surface area contributed by atoms with E-state index in [4.69, 9.17) is 0 Å². The van der Waals surface area contributed by atoms with Gasteiger partial charge >= 0.3 is 0 Å². The van der Waals surface area contributed by atoms with Gasteiger partial charge in [-0.05, 0) is 36.1 Å². The predicted molar refractivity (Wildman–Crippen MR) is 87.1 cm³/mol. The third-order valence-corrected chi connectivity index (χ3v) is 5.86. The number of thiophene rings is 1. The Morgan fingerprint density at radius 3 is 2.90 bits per heavy atom. The van der Waals surface area contributed by atoms with Crippen LogP contribution in [0.15, 0.2) is 17.5 Å². The van der Waals surface area contributed by atoms with Crippen LogP contribution in [0.5, 0.6) is 0 Å². The second-order valence-electron chi connectivity index (χ2n) is 6.57. The summed E-state index contributed by atoms with van der Waals surface area (Å²) in [5.41, 5.74) is 0. The summed E-state index contributed by atoms with van der Waals surface area (Å²) < 4.78 is 0. The molecule has 2 heterocycles. The van der Waals surface area contributed by atoms with Gasteiger partial charge in [-0.15, -0.1) is 11.3 Å². The SMILES string of the molecule is CCC(C)C1NC(c2cccs2)N(CCCC2CC2)C1=O. The Labute approximate surface area is 131 Å². The first-order valence-corrected chi connectivity index (χ1v) is 9.18. The van der Waals surface area contributed by atoms with Crippen LogP contribution in [-0.4, -0.2) is 23.4 Å². The number of hydrogen-bond acceptors (Lipinski definition) is 3. The molecule has 4 heteroatoms. The van der Waals surface area contributed by atoms with Crippen molar-refractivity contribution in [1.82, 2.24) is 10.2 Å². The lowest BCUT2D eigenvalue weighted by Crippen LogP contribution is -2.35. The molecule has 0 bridgehead atoms. The first-order valence-electron chi connectivity index (χ1n) is 8.30. The van der Waals surface area contributed by atoms with E-state index in [0.717, 1.165) is 25.3 Å². The summed E-state index contributed by atoms with van der Waals surface area (Å²) >= 11 is 1.74. The van der Waals surface area contributed by atoms with E-state index in [1.165, 1.54) is 24.1 Å². The van der Waals surface area contributed by atoms with Crippen LogP contribution in [0.4, 0.5) is 0 Å². The molecule has 1 N–H and O–H groups in total. The van der Waals surface area contributed by atoms with E-state index in [9.17, 15) is 4.79 Å². The normalized spacial score (nSPS) is 27.3. The van der Waals surface area contributed by atoms with Crippen molar-refractivity contribution in [3.63, 3.8) is 0 Å². The highest BCUT2D eigenvalue weighted by atomic mass is 32.1. The largest absolute Gasteiger partial charge is 0.321 e. The zero-order valence-electron chi connectivity index (χ0n) is 13.0. The minimum atomic E-state index is -0.0111. The summed E-state index contributed by atoms with van der Waals surface area (Å²) in [6.45, 7) is 5.24. The molecule has 3 unspecified atom stereocenters. The van der Waals surface area contributed by atoms with Crippen molar-refractivity contribution >= 4 is 17.2 Å². The van der Waals surface area contributed by atoms with Crippen LogP contribution < -0.4 is 5.32 Å². The Hall–Kier alpha value is -0.870. The van der Waals surface area contributed by atoms with Gasteiger partial charge in [0, 0.05) is 11.4 Å². The van der Waals surface area contributed by atoms with Crippen molar-refractivity contribution in [1.29, 1.82) is 0 Å². The monoisotopic (exact) mass is 306 g/mol. The van der Waals surface area contributed by atoms with Crippen molar-refractivity contribution in [2.75, 3.05) is 6.54 Å². The first-order chi connectivity index (χ1) is 10.2. The molecule has 0 radical (unpaired) electrons. The molecule has 3 nitrogen and oxygen atoms in total. The second kappa shape index (κ2) is 6.49. The zero-order valence-corrected chi connectivity index (χ0v) is 13.9. The number of nitrogens with one attached hydrogen (secondary N) is 1. The summed E-state index contributed by atoms with van der Waals surface area (Å²) in [4.78, 5) is 16.1. The number of carbonyl (C=O) groups excluding carboxylic acids is 1. The van der Waals surface area contributed by atoms with Gasteiger partial charge < -0.3 is 4.90 Å². The van der Waals surface area contributed by atoms with Gasteiger partial charge in [-0.1, -0.05) is 39.2 Å². The lowest BCUT2D eigenvalue weighted by atomic mass is 9.99. The van der Waals surface area contributed by atoms with E-state index in [0.29, 0.717) is 11.8 Å². The first kappa shape index (κ1) is 15.0. The average molecular weight is 306 g/mol. The third kappa shape index (κ3) is 3.32. The Bertz CT molecular complexity index is 469. The average Bonchev–Trinajstić information content (AvgIpc) is 3.03. The third-order valence-electron chi connectivity index (χ3n) is 4.93. The van der Waals surface area contributed by atoms with Crippen LogP contribution in [0.25, 0.3) is 0 Å². The molecule has 0 aromatic carbocycles. The fraction of sp³-hybridized carbons (Fsp3) is 0.706. The highest BCUT2D eigenvalue weighted by molar-refractivity contribution is 7.10. The maximum atomic E-state index is 12.8. The second-order valence-corrected chi connectivity index (χ2v) is 7.54. The molecule has 1 aromatic rings. The summed E-state index contributed by atoms with van der Waals surface area (Å²) in [5.74, 6) is 1.65. The van der Waals surface area contributed by atoms with Gasteiger partial charge in [0.25, 0.3) is 0 Å². The Balaban J connectivity index is 1.69. The number of carbonyl (C=O) groups is 1. The van der Waals surface area contributed by atoms with Crippen LogP contribution in [0.1, 0.15) is 57.0 Å². The molecule has 0 spiro atoms. The molecule has 21 heavy (non-hydrogen) atoms. The zero-order chi connectivity index (χ0) is 14.8. The van der Waals surface area contributed by atoms with Gasteiger partial charge in [0.15, 0.2) is 0 Å². The minimum Gasteiger partial charge on any atom is -0.321 e. The molecule has 2 aliphatic rings. The summed E-state index contributed by atoms with van der Waals surface area (Å²) in [6.07, 6.45) is 6.36. The number of amides is 1. The van der Waals surface area contributed by atoms with Crippen LogP contribution in [0, 0.1) is 11.8 Å². The molecule has 1 saturated carbocycles. The Morgan fingerprint density at radius 1 is 1.48 bits per heavy atom. The van der Waals surface area contributed by atoms with Gasteiger partial charge in [0.1, 0.15) is 6.17 Å². The molecule has 1 aromatic heterocycles. The number of rotatable bonds is 7. The van der Waals surface area contributed by atoms with Gasteiger partial charge in [-0.2, -0.15) is 0 Å². The van der Waals surface area contributed by atoms with E-state index in [2.05, 4.69) is 41.6 Å². The molecule has 1 amide bonds. The van der Waals surface area contributed by atoms with E-state index >= 15 is 0 Å². The van der Waals surface area contributed by atoms with Gasteiger partial charge in [-0.3, -0.25) is 10.1 Å². The van der Waals surface area contributed by atoms with E-state index in [-0.39, 0.29) is 12.2 Å². The predicted octanol–water partition coefficient (Wildman–Crippen LogP) is 3.78. The summed E-state index contributed by atoms with van der Waals surface area (Å²) in [6, 6.07) is 4.20. The molecule has 1 aliphatic heterocycles. The van der Waals surface area contributed by atoms with Crippen LogP contribution in [0.2, 0.25) is 0 Å². The maximum absolute atomic E-state index is 12.8. The van der Waals surface area contributed by atoms with Gasteiger partial charge in [-0.25, -0.2) is 0 Å². The lowest BCUT2D eigenvalue weighted by Gasteiger charge is -2.23. The Morgan fingerprint density at radius 2 is 2.29 bits per heavy atom. The molecular formula is C17H26N2OS.